The summed E-state index contributed by atoms with van der Waals surface area (Å²) < 4.78 is 98.6. The summed E-state index contributed by atoms with van der Waals surface area (Å²) in [5.41, 5.74) is -0.183. The van der Waals surface area contributed by atoms with Crippen molar-refractivity contribution in [2.45, 2.75) is 62.4 Å². The van der Waals surface area contributed by atoms with Crippen molar-refractivity contribution in [2.75, 3.05) is 13.2 Å². The Kier molecular flexibility index (Phi) is 6.76. The van der Waals surface area contributed by atoms with Gasteiger partial charge in [-0.2, -0.15) is 26.0 Å². The quantitative estimate of drug-likeness (QED) is 0.115. The molecule has 13 heteroatoms. The highest BCUT2D eigenvalue weighted by Crippen LogP contribution is 2.68. The van der Waals surface area contributed by atoms with Crippen molar-refractivity contribution < 1.29 is 54.3 Å². The summed E-state index contributed by atoms with van der Waals surface area (Å²) in [5, 5.41) is -5.67. The van der Waals surface area contributed by atoms with E-state index in [2.05, 4.69) is 6.58 Å². The molecule has 4 bridgehead atoms. The van der Waals surface area contributed by atoms with Crippen molar-refractivity contribution in [1.82, 2.24) is 0 Å². The molecule has 198 valence electrons. The summed E-state index contributed by atoms with van der Waals surface area (Å²) in [6, 6.07) is 0. The molecule has 4 rings (SSSR count). The van der Waals surface area contributed by atoms with E-state index in [0.717, 1.165) is 19.3 Å². The predicted molar refractivity (Wildman–Crippen MR) is 111 cm³/mol. The molecule has 0 saturated heterocycles. The molecule has 8 nitrogen and oxygen atoms in total. The number of ether oxygens (including phenoxy) is 3. The summed E-state index contributed by atoms with van der Waals surface area (Å²) in [6.45, 7) is 3.35. The molecule has 8 unspecified atom stereocenters. The van der Waals surface area contributed by atoms with Gasteiger partial charge in [-0.25, -0.2) is 4.79 Å². The van der Waals surface area contributed by atoms with E-state index in [9.17, 15) is 35.6 Å². The molecule has 0 heterocycles. The standard InChI is InChI=1S/C22H28F4O8S/c1-10(9-32-4-3-21(23,24)22(25,26)35(29,30)31)20(28)34-17-8-13-6-15(17)19-12-5-14(18(13)19)16(7-12)33-11(2)27/h12-19H,1,3-9H2,2H3,(H,29,30,31). The summed E-state index contributed by atoms with van der Waals surface area (Å²) in [6.07, 6.45) is 1.37. The third-order valence-electron chi connectivity index (χ3n) is 8.15. The van der Waals surface area contributed by atoms with Gasteiger partial charge in [0.05, 0.1) is 18.8 Å². The Morgan fingerprint density at radius 2 is 1.49 bits per heavy atom. The average molecular weight is 529 g/mol. The second-order valence-corrected chi connectivity index (χ2v) is 11.6. The molecule has 4 saturated carbocycles. The smallest absolute Gasteiger partial charge is 0.431 e. The Morgan fingerprint density at radius 1 is 0.971 bits per heavy atom. The van der Waals surface area contributed by atoms with Gasteiger partial charge in [0.15, 0.2) is 0 Å². The minimum Gasteiger partial charge on any atom is -0.462 e. The molecule has 0 spiro atoms. The van der Waals surface area contributed by atoms with Crippen LogP contribution in [0.4, 0.5) is 17.6 Å². The molecule has 0 aliphatic heterocycles. The van der Waals surface area contributed by atoms with Crippen LogP contribution in [0.3, 0.4) is 0 Å². The Hall–Kier alpha value is -1.73. The molecule has 4 fully saturated rings. The minimum atomic E-state index is -6.32. The van der Waals surface area contributed by atoms with E-state index in [-0.39, 0.29) is 29.7 Å². The van der Waals surface area contributed by atoms with Gasteiger partial charge >= 0.3 is 33.2 Å². The lowest BCUT2D eigenvalue weighted by atomic mass is 9.69. The molecule has 0 aromatic carbocycles. The second kappa shape index (κ2) is 8.98. The number of hydrogen-bond acceptors (Lipinski definition) is 7. The van der Waals surface area contributed by atoms with E-state index in [1.165, 1.54) is 6.92 Å². The van der Waals surface area contributed by atoms with E-state index in [1.807, 2.05) is 0 Å². The Bertz CT molecular complexity index is 999. The number of alkyl halides is 4. The fraction of sp³-hybridized carbons (Fsp3) is 0.818. The van der Waals surface area contributed by atoms with Crippen molar-refractivity contribution in [3.8, 4) is 0 Å². The van der Waals surface area contributed by atoms with Crippen molar-refractivity contribution >= 4 is 22.1 Å². The van der Waals surface area contributed by atoms with E-state index >= 15 is 0 Å². The van der Waals surface area contributed by atoms with E-state index in [1.54, 1.807) is 0 Å². The lowest BCUT2D eigenvalue weighted by Crippen LogP contribution is -2.47. The molecule has 0 aromatic rings. The van der Waals surface area contributed by atoms with Gasteiger partial charge in [-0.15, -0.1) is 0 Å². The highest BCUT2D eigenvalue weighted by atomic mass is 32.2. The van der Waals surface area contributed by atoms with Crippen molar-refractivity contribution in [1.29, 1.82) is 0 Å². The maximum atomic E-state index is 13.5. The maximum Gasteiger partial charge on any atom is 0.431 e. The van der Waals surface area contributed by atoms with Gasteiger partial charge in [0.2, 0.25) is 0 Å². The second-order valence-electron chi connectivity index (χ2n) is 10.1. The minimum absolute atomic E-state index is 0.0409. The zero-order chi connectivity index (χ0) is 25.9. The van der Waals surface area contributed by atoms with E-state index in [0.29, 0.717) is 36.0 Å². The van der Waals surface area contributed by atoms with Crippen LogP contribution in [0.25, 0.3) is 0 Å². The molecule has 4 aliphatic rings. The molecular formula is C22H28F4O8S. The molecular weight excluding hydrogens is 500 g/mol. The van der Waals surface area contributed by atoms with Crippen molar-refractivity contribution in [2.24, 2.45) is 35.5 Å². The number of rotatable bonds is 10. The zero-order valence-electron chi connectivity index (χ0n) is 19.0. The Balaban J connectivity index is 1.23. The van der Waals surface area contributed by atoms with Gasteiger partial charge in [0.25, 0.3) is 0 Å². The first-order valence-electron chi connectivity index (χ1n) is 11.5. The number of halogens is 4. The van der Waals surface area contributed by atoms with Crippen molar-refractivity contribution in [3.05, 3.63) is 12.2 Å². The maximum absolute atomic E-state index is 13.5. The molecule has 8 atom stereocenters. The SMILES string of the molecule is C=C(COCCC(F)(F)C(F)(F)S(=O)(=O)O)C(=O)OC1CC2CC1C1C3CC(OC(C)=O)C(C3)C21. The predicted octanol–water partition coefficient (Wildman–Crippen LogP) is 3.22. The fourth-order valence-corrected chi connectivity index (χ4v) is 7.45. The van der Waals surface area contributed by atoms with E-state index in [4.69, 9.17) is 18.8 Å². The van der Waals surface area contributed by atoms with Gasteiger partial charge in [0, 0.05) is 13.3 Å². The third-order valence-corrected chi connectivity index (χ3v) is 9.09. The van der Waals surface area contributed by atoms with Gasteiger partial charge in [-0.05, 0) is 61.2 Å². The molecule has 0 radical (unpaired) electrons. The van der Waals surface area contributed by atoms with Crippen LogP contribution >= 0.6 is 0 Å². The summed E-state index contributed by atoms with van der Waals surface area (Å²) >= 11 is 0. The first-order valence-corrected chi connectivity index (χ1v) is 12.9. The van der Waals surface area contributed by atoms with E-state index < -0.39 is 46.9 Å². The summed E-state index contributed by atoms with van der Waals surface area (Å²) in [7, 11) is -6.32. The van der Waals surface area contributed by atoms with Crippen LogP contribution in [-0.2, 0) is 33.9 Å². The first-order chi connectivity index (χ1) is 16.1. The molecule has 4 aliphatic carbocycles. The monoisotopic (exact) mass is 528 g/mol. The number of carbonyl (C=O) groups excluding carboxylic acids is 2. The van der Waals surface area contributed by atoms with Gasteiger partial charge in [-0.1, -0.05) is 6.58 Å². The Labute approximate surface area is 200 Å². The van der Waals surface area contributed by atoms with Crippen LogP contribution in [0.5, 0.6) is 0 Å². The highest BCUT2D eigenvalue weighted by Gasteiger charge is 2.66. The highest BCUT2D eigenvalue weighted by molar-refractivity contribution is 7.87. The number of carbonyl (C=O) groups is 2. The Morgan fingerprint density at radius 3 is 1.97 bits per heavy atom. The first kappa shape index (κ1) is 26.3. The van der Waals surface area contributed by atoms with Gasteiger partial charge in [0.1, 0.15) is 12.2 Å². The summed E-state index contributed by atoms with van der Waals surface area (Å²) in [4.78, 5) is 23.8. The topological polar surface area (TPSA) is 116 Å². The molecule has 0 aromatic heterocycles. The number of esters is 2. The largest absolute Gasteiger partial charge is 0.462 e. The fourth-order valence-electron chi connectivity index (χ4n) is 6.97. The molecule has 0 amide bonds. The van der Waals surface area contributed by atoms with Crippen LogP contribution in [0.1, 0.15) is 39.0 Å². The average Bonchev–Trinajstić information content (AvgIpc) is 3.48. The number of hydrogen-bond donors (Lipinski definition) is 1. The molecule has 35 heavy (non-hydrogen) atoms. The zero-order valence-corrected chi connectivity index (χ0v) is 19.8. The van der Waals surface area contributed by atoms with Gasteiger partial charge in [-0.3, -0.25) is 9.35 Å². The lowest BCUT2D eigenvalue weighted by molar-refractivity contribution is -0.170. The van der Waals surface area contributed by atoms with Gasteiger partial charge < -0.3 is 14.2 Å². The molecule has 1 N–H and O–H groups in total. The third kappa shape index (κ3) is 4.59. The lowest BCUT2D eigenvalue weighted by Gasteiger charge is -2.40. The van der Waals surface area contributed by atoms with Crippen LogP contribution < -0.4 is 0 Å². The van der Waals surface area contributed by atoms with Crippen LogP contribution in [0, 0.1) is 35.5 Å². The normalized spacial score (nSPS) is 35.7. The van der Waals surface area contributed by atoms with Crippen LogP contribution in [-0.4, -0.2) is 61.5 Å². The van der Waals surface area contributed by atoms with Crippen LogP contribution in [0.15, 0.2) is 12.2 Å². The summed E-state index contributed by atoms with van der Waals surface area (Å²) in [5.74, 6) is -3.94. The van der Waals surface area contributed by atoms with Crippen LogP contribution in [0.2, 0.25) is 0 Å². The number of fused-ring (bicyclic) bond motifs is 9. The van der Waals surface area contributed by atoms with Crippen molar-refractivity contribution in [3.63, 3.8) is 0 Å².